The molecule has 1 fully saturated rings. The van der Waals surface area contributed by atoms with E-state index in [0.717, 1.165) is 30.8 Å². The zero-order valence-electron chi connectivity index (χ0n) is 16.6. The first-order valence-electron chi connectivity index (χ1n) is 9.83. The molecule has 152 valence electrons. The molecular formula is C22H24N2O5. The van der Waals surface area contributed by atoms with Crippen molar-refractivity contribution in [2.75, 3.05) is 31.6 Å². The monoisotopic (exact) mass is 396 g/mol. The zero-order valence-corrected chi connectivity index (χ0v) is 16.6. The lowest BCUT2D eigenvalue weighted by Gasteiger charge is -2.28. The summed E-state index contributed by atoms with van der Waals surface area (Å²) in [4.78, 5) is 29.1. The molecule has 1 aromatic carbocycles. The Labute approximate surface area is 169 Å². The predicted octanol–water partition coefficient (Wildman–Crippen LogP) is 3.33. The number of ether oxygens (including phenoxy) is 1. The summed E-state index contributed by atoms with van der Waals surface area (Å²) in [5, 5.41) is 11.1. The van der Waals surface area contributed by atoms with Crippen molar-refractivity contribution < 1.29 is 23.8 Å². The van der Waals surface area contributed by atoms with E-state index in [-0.39, 0.29) is 11.3 Å². The van der Waals surface area contributed by atoms with Crippen molar-refractivity contribution in [1.82, 2.24) is 4.90 Å². The number of fused-ring (bicyclic) bond motifs is 1. The van der Waals surface area contributed by atoms with Crippen LogP contribution in [-0.4, -0.2) is 48.4 Å². The highest BCUT2D eigenvalue weighted by atomic mass is 16.5. The van der Waals surface area contributed by atoms with Gasteiger partial charge in [0.15, 0.2) is 0 Å². The summed E-state index contributed by atoms with van der Waals surface area (Å²) < 4.78 is 11.2. The number of aliphatic hydroxyl groups excluding tert-OH is 1. The molecule has 2 aliphatic heterocycles. The van der Waals surface area contributed by atoms with E-state index >= 15 is 0 Å². The first-order valence-corrected chi connectivity index (χ1v) is 9.83. The van der Waals surface area contributed by atoms with Crippen molar-refractivity contribution in [1.29, 1.82) is 0 Å². The summed E-state index contributed by atoms with van der Waals surface area (Å²) in [6.07, 6.45) is 3.14. The number of hydrogen-bond acceptors (Lipinski definition) is 6. The van der Waals surface area contributed by atoms with Crippen LogP contribution < -0.4 is 9.64 Å². The fraction of sp³-hybridized carbons (Fsp3) is 0.364. The van der Waals surface area contributed by atoms with Gasteiger partial charge in [0.25, 0.3) is 11.7 Å². The van der Waals surface area contributed by atoms with Gasteiger partial charge in [0.1, 0.15) is 29.9 Å². The lowest BCUT2D eigenvalue weighted by atomic mass is 9.98. The number of unbranched alkanes of at least 4 members (excludes halogenated alkanes) is 1. The van der Waals surface area contributed by atoms with Crippen LogP contribution in [0.5, 0.6) is 5.75 Å². The number of amides is 1. The molecule has 2 aromatic rings. The van der Waals surface area contributed by atoms with Crippen LogP contribution in [-0.2, 0) is 9.59 Å². The Kier molecular flexibility index (Phi) is 5.05. The third kappa shape index (κ3) is 3.26. The van der Waals surface area contributed by atoms with Crippen LogP contribution in [0.3, 0.4) is 0 Å². The number of aliphatic hydroxyl groups is 1. The number of likely N-dealkylation sites (tertiary alicyclic amines) is 1. The molecule has 4 rings (SSSR count). The maximum atomic E-state index is 12.9. The van der Waals surface area contributed by atoms with Crippen molar-refractivity contribution in [3.05, 3.63) is 53.5 Å². The van der Waals surface area contributed by atoms with E-state index < -0.39 is 17.7 Å². The van der Waals surface area contributed by atoms with E-state index in [1.54, 1.807) is 30.3 Å². The fourth-order valence-corrected chi connectivity index (χ4v) is 3.84. The van der Waals surface area contributed by atoms with E-state index in [9.17, 15) is 14.7 Å². The average Bonchev–Trinajstić information content (AvgIpc) is 3.34. The number of rotatable bonds is 5. The second-order valence-corrected chi connectivity index (χ2v) is 7.31. The van der Waals surface area contributed by atoms with Crippen LogP contribution in [0.4, 0.5) is 5.69 Å². The van der Waals surface area contributed by atoms with E-state index in [2.05, 4.69) is 0 Å². The van der Waals surface area contributed by atoms with Gasteiger partial charge < -0.3 is 24.1 Å². The predicted molar refractivity (Wildman–Crippen MR) is 108 cm³/mol. The molecule has 1 N–H and O–H groups in total. The van der Waals surface area contributed by atoms with Crippen LogP contribution in [0.15, 0.2) is 46.6 Å². The molecule has 0 spiro atoms. The van der Waals surface area contributed by atoms with Crippen LogP contribution >= 0.6 is 0 Å². The molecular weight excluding hydrogens is 372 g/mol. The van der Waals surface area contributed by atoms with Gasteiger partial charge >= 0.3 is 0 Å². The van der Waals surface area contributed by atoms with E-state index in [0.29, 0.717) is 24.5 Å². The first-order chi connectivity index (χ1) is 14.0. The maximum Gasteiger partial charge on any atom is 0.295 e. The number of anilines is 1. The third-order valence-corrected chi connectivity index (χ3v) is 5.43. The Bertz CT molecular complexity index is 964. The van der Waals surface area contributed by atoms with Gasteiger partial charge in [0, 0.05) is 19.2 Å². The fourth-order valence-electron chi connectivity index (χ4n) is 3.84. The van der Waals surface area contributed by atoms with Gasteiger partial charge in [-0.3, -0.25) is 9.59 Å². The second kappa shape index (κ2) is 7.66. The molecule has 7 nitrogen and oxygen atoms in total. The van der Waals surface area contributed by atoms with Crippen LogP contribution in [0, 0.1) is 0 Å². The van der Waals surface area contributed by atoms with Crippen molar-refractivity contribution in [3.8, 4) is 5.75 Å². The third-order valence-electron chi connectivity index (χ3n) is 5.43. The van der Waals surface area contributed by atoms with Gasteiger partial charge in [0.05, 0.1) is 24.1 Å². The standard InChI is InChI=1S/C22H24N2O5/c1-3-4-9-24-19(17-6-5-11-28-17)18(21(26)22(24)27)20(25)14-7-8-16-15(13-14)23(2)10-12-29-16/h5-8,11,13,19,25H,3-4,9-10,12H2,1-2H3/b20-18-. The van der Waals surface area contributed by atoms with Gasteiger partial charge in [-0.05, 0) is 36.8 Å². The molecule has 7 heteroatoms. The minimum Gasteiger partial charge on any atom is -0.507 e. The molecule has 2 aliphatic rings. The van der Waals surface area contributed by atoms with Crippen molar-refractivity contribution in [3.63, 3.8) is 0 Å². The lowest BCUT2D eigenvalue weighted by molar-refractivity contribution is -0.140. The largest absolute Gasteiger partial charge is 0.507 e. The number of Topliss-reactive ketones (excluding diaryl/α,β-unsaturated/α-hetero) is 1. The lowest BCUT2D eigenvalue weighted by Crippen LogP contribution is -2.30. The molecule has 0 radical (unpaired) electrons. The molecule has 1 aromatic heterocycles. The van der Waals surface area contributed by atoms with E-state index in [4.69, 9.17) is 9.15 Å². The summed E-state index contributed by atoms with van der Waals surface area (Å²) >= 11 is 0. The Balaban J connectivity index is 1.82. The number of benzene rings is 1. The Morgan fingerprint density at radius 1 is 1.28 bits per heavy atom. The molecule has 1 saturated heterocycles. The quantitative estimate of drug-likeness (QED) is 0.474. The van der Waals surface area contributed by atoms with Gasteiger partial charge in [0.2, 0.25) is 0 Å². The molecule has 0 aliphatic carbocycles. The minimum atomic E-state index is -0.735. The molecule has 1 atom stereocenters. The van der Waals surface area contributed by atoms with E-state index in [1.807, 2.05) is 18.9 Å². The number of nitrogens with zero attached hydrogens (tertiary/aromatic N) is 2. The Morgan fingerprint density at radius 2 is 2.10 bits per heavy atom. The van der Waals surface area contributed by atoms with Crippen LogP contribution in [0.1, 0.15) is 37.1 Å². The van der Waals surface area contributed by atoms with E-state index in [1.165, 1.54) is 11.2 Å². The maximum absolute atomic E-state index is 12.9. The topological polar surface area (TPSA) is 83.2 Å². The average molecular weight is 396 g/mol. The number of likely N-dealkylation sites (N-methyl/N-ethyl adjacent to an activating group) is 1. The highest BCUT2D eigenvalue weighted by Gasteiger charge is 2.47. The van der Waals surface area contributed by atoms with Gasteiger partial charge in [-0.25, -0.2) is 0 Å². The highest BCUT2D eigenvalue weighted by Crippen LogP contribution is 2.41. The summed E-state index contributed by atoms with van der Waals surface area (Å²) in [5.74, 6) is -0.325. The summed E-state index contributed by atoms with van der Waals surface area (Å²) in [5.41, 5.74) is 1.35. The first kappa shape index (κ1) is 19.1. The SMILES string of the molecule is CCCCN1C(=O)C(=O)/C(=C(\O)c2ccc3c(c2)N(C)CCO3)C1c1ccco1. The summed E-state index contributed by atoms with van der Waals surface area (Å²) in [6.45, 7) is 3.76. The number of ketones is 1. The van der Waals surface area contributed by atoms with Crippen LogP contribution in [0.2, 0.25) is 0 Å². The Hall–Kier alpha value is -3.22. The number of furan rings is 1. The van der Waals surface area contributed by atoms with Crippen LogP contribution in [0.25, 0.3) is 5.76 Å². The molecule has 29 heavy (non-hydrogen) atoms. The highest BCUT2D eigenvalue weighted by molar-refractivity contribution is 6.46. The number of carbonyl (C=O) groups excluding carboxylic acids is 2. The molecule has 0 saturated carbocycles. The van der Waals surface area contributed by atoms with Crippen molar-refractivity contribution >= 4 is 23.1 Å². The van der Waals surface area contributed by atoms with Gasteiger partial charge in [-0.1, -0.05) is 13.3 Å². The second-order valence-electron chi connectivity index (χ2n) is 7.31. The summed E-state index contributed by atoms with van der Waals surface area (Å²) in [7, 11) is 1.94. The molecule has 0 bridgehead atoms. The van der Waals surface area contributed by atoms with Gasteiger partial charge in [-0.15, -0.1) is 0 Å². The van der Waals surface area contributed by atoms with Crippen molar-refractivity contribution in [2.45, 2.75) is 25.8 Å². The van der Waals surface area contributed by atoms with Gasteiger partial charge in [-0.2, -0.15) is 0 Å². The summed E-state index contributed by atoms with van der Waals surface area (Å²) in [6, 6.07) is 7.95. The zero-order chi connectivity index (χ0) is 20.5. The number of carbonyl (C=O) groups is 2. The Morgan fingerprint density at radius 3 is 2.83 bits per heavy atom. The van der Waals surface area contributed by atoms with Crippen molar-refractivity contribution in [2.24, 2.45) is 0 Å². The minimum absolute atomic E-state index is 0.0559. The number of hydrogen-bond donors (Lipinski definition) is 1. The molecule has 1 amide bonds. The molecule has 3 heterocycles. The smallest absolute Gasteiger partial charge is 0.295 e. The molecule has 1 unspecified atom stereocenters. The normalized spacial score (nSPS) is 20.7.